The minimum Gasteiger partial charge on any atom is -0.362 e. The van der Waals surface area contributed by atoms with Gasteiger partial charge in [0.15, 0.2) is 5.96 Å². The van der Waals surface area contributed by atoms with Crippen molar-refractivity contribution in [1.82, 2.24) is 15.2 Å². The zero-order valence-corrected chi connectivity index (χ0v) is 14.6. The molecule has 0 atom stereocenters. The summed E-state index contributed by atoms with van der Waals surface area (Å²) in [5.41, 5.74) is 2.12. The van der Waals surface area contributed by atoms with E-state index in [0.717, 1.165) is 22.9 Å². The summed E-state index contributed by atoms with van der Waals surface area (Å²) in [7, 11) is 7.65. The number of halogens is 1. The zero-order valence-electron chi connectivity index (χ0n) is 14.6. The van der Waals surface area contributed by atoms with Crippen molar-refractivity contribution in [3.05, 3.63) is 59.5 Å². The van der Waals surface area contributed by atoms with Crippen LogP contribution in [-0.2, 0) is 13.1 Å². The highest BCUT2D eigenvalue weighted by molar-refractivity contribution is 5.79. The number of nitrogens with one attached hydrogen (secondary N) is 1. The molecule has 24 heavy (non-hydrogen) atoms. The van der Waals surface area contributed by atoms with E-state index in [0.29, 0.717) is 13.1 Å². The molecule has 5 nitrogen and oxygen atoms in total. The SMILES string of the molecule is CN=C(NCc1cccnc1N(C)C)N(C)Cc1ccc(F)cc1. The molecule has 0 aliphatic carbocycles. The molecule has 1 heterocycles. The normalized spacial score (nSPS) is 11.3. The van der Waals surface area contributed by atoms with Crippen LogP contribution in [0.2, 0.25) is 0 Å². The molecule has 128 valence electrons. The van der Waals surface area contributed by atoms with Gasteiger partial charge in [0.05, 0.1) is 0 Å². The van der Waals surface area contributed by atoms with Crippen LogP contribution in [0.5, 0.6) is 0 Å². The molecule has 2 rings (SSSR count). The Morgan fingerprint density at radius 1 is 1.17 bits per heavy atom. The monoisotopic (exact) mass is 329 g/mol. The standard InChI is InChI=1S/C18H24FN5/c1-20-18(24(4)13-14-7-9-16(19)10-8-14)22-12-15-6-5-11-21-17(15)23(2)3/h5-11H,12-13H2,1-4H3,(H,20,22). The van der Waals surface area contributed by atoms with Crippen LogP contribution in [0.15, 0.2) is 47.6 Å². The second kappa shape index (κ2) is 8.29. The van der Waals surface area contributed by atoms with Gasteiger partial charge in [0.2, 0.25) is 0 Å². The van der Waals surface area contributed by atoms with E-state index in [2.05, 4.69) is 15.3 Å². The Hall–Kier alpha value is -2.63. The maximum Gasteiger partial charge on any atom is 0.193 e. The number of hydrogen-bond donors (Lipinski definition) is 1. The Kier molecular flexibility index (Phi) is 6.12. The van der Waals surface area contributed by atoms with E-state index in [9.17, 15) is 4.39 Å². The minimum atomic E-state index is -0.225. The first-order chi connectivity index (χ1) is 11.5. The maximum atomic E-state index is 13.0. The minimum absolute atomic E-state index is 0.225. The number of rotatable bonds is 5. The van der Waals surface area contributed by atoms with Crippen LogP contribution in [0.1, 0.15) is 11.1 Å². The molecule has 0 amide bonds. The molecule has 0 spiro atoms. The lowest BCUT2D eigenvalue weighted by Gasteiger charge is -2.23. The number of nitrogens with zero attached hydrogens (tertiary/aromatic N) is 4. The lowest BCUT2D eigenvalue weighted by molar-refractivity contribution is 0.476. The van der Waals surface area contributed by atoms with Crippen molar-refractivity contribution < 1.29 is 4.39 Å². The average Bonchev–Trinajstić information content (AvgIpc) is 2.57. The highest BCUT2D eigenvalue weighted by Crippen LogP contribution is 2.14. The van der Waals surface area contributed by atoms with Crippen LogP contribution < -0.4 is 10.2 Å². The number of guanidine groups is 1. The smallest absolute Gasteiger partial charge is 0.193 e. The average molecular weight is 329 g/mol. The van der Waals surface area contributed by atoms with Crippen LogP contribution in [0.25, 0.3) is 0 Å². The van der Waals surface area contributed by atoms with Gasteiger partial charge in [0.1, 0.15) is 11.6 Å². The van der Waals surface area contributed by atoms with E-state index in [1.54, 1.807) is 25.4 Å². The maximum absolute atomic E-state index is 13.0. The lowest BCUT2D eigenvalue weighted by Crippen LogP contribution is -2.38. The topological polar surface area (TPSA) is 43.8 Å². The van der Waals surface area contributed by atoms with Crippen molar-refractivity contribution in [2.24, 2.45) is 4.99 Å². The Labute approximate surface area is 142 Å². The number of aromatic nitrogens is 1. The summed E-state index contributed by atoms with van der Waals surface area (Å²) in [4.78, 5) is 12.7. The van der Waals surface area contributed by atoms with Gasteiger partial charge in [-0.1, -0.05) is 18.2 Å². The highest BCUT2D eigenvalue weighted by Gasteiger charge is 2.09. The zero-order chi connectivity index (χ0) is 17.5. The van der Waals surface area contributed by atoms with Crippen LogP contribution in [0.3, 0.4) is 0 Å². The first-order valence-electron chi connectivity index (χ1n) is 7.78. The third-order valence-electron chi connectivity index (χ3n) is 3.63. The molecule has 0 saturated carbocycles. The van der Waals surface area contributed by atoms with Crippen molar-refractivity contribution in [2.75, 3.05) is 33.1 Å². The summed E-state index contributed by atoms with van der Waals surface area (Å²) < 4.78 is 13.0. The summed E-state index contributed by atoms with van der Waals surface area (Å²) >= 11 is 0. The van der Waals surface area contributed by atoms with Crippen molar-refractivity contribution >= 4 is 11.8 Å². The molecule has 1 N–H and O–H groups in total. The third kappa shape index (κ3) is 4.68. The van der Waals surface area contributed by atoms with E-state index >= 15 is 0 Å². The molecule has 6 heteroatoms. The van der Waals surface area contributed by atoms with Gasteiger partial charge in [-0.15, -0.1) is 0 Å². The van der Waals surface area contributed by atoms with Crippen molar-refractivity contribution in [2.45, 2.75) is 13.1 Å². The highest BCUT2D eigenvalue weighted by atomic mass is 19.1. The van der Waals surface area contributed by atoms with Gasteiger partial charge >= 0.3 is 0 Å². The van der Waals surface area contributed by atoms with E-state index in [4.69, 9.17) is 0 Å². The van der Waals surface area contributed by atoms with E-state index < -0.39 is 0 Å². The molecule has 0 aliphatic rings. The number of benzene rings is 1. The third-order valence-corrected chi connectivity index (χ3v) is 3.63. The Bertz CT molecular complexity index is 682. The van der Waals surface area contributed by atoms with Crippen LogP contribution >= 0.6 is 0 Å². The summed E-state index contributed by atoms with van der Waals surface area (Å²) in [5, 5.41) is 3.35. The molecule has 2 aromatic rings. The predicted molar refractivity (Wildman–Crippen MR) is 96.6 cm³/mol. The molecular formula is C18H24FN5. The van der Waals surface area contributed by atoms with Crippen molar-refractivity contribution in [1.29, 1.82) is 0 Å². The Balaban J connectivity index is 2.01. The predicted octanol–water partition coefficient (Wildman–Crippen LogP) is 2.49. The molecule has 0 bridgehead atoms. The van der Waals surface area contributed by atoms with Gasteiger partial charge in [0.25, 0.3) is 0 Å². The summed E-state index contributed by atoms with van der Waals surface area (Å²) in [6.45, 7) is 1.27. The van der Waals surface area contributed by atoms with E-state index in [1.807, 2.05) is 43.1 Å². The first kappa shape index (κ1) is 17.7. The number of hydrogen-bond acceptors (Lipinski definition) is 3. The summed E-state index contributed by atoms with van der Waals surface area (Å²) in [5.74, 6) is 1.48. The van der Waals surface area contributed by atoms with Gasteiger partial charge in [-0.25, -0.2) is 9.37 Å². The summed E-state index contributed by atoms with van der Waals surface area (Å²) in [6, 6.07) is 10.5. The molecular weight excluding hydrogens is 305 g/mol. The largest absolute Gasteiger partial charge is 0.362 e. The fourth-order valence-corrected chi connectivity index (χ4v) is 2.47. The summed E-state index contributed by atoms with van der Waals surface area (Å²) in [6.07, 6.45) is 1.79. The van der Waals surface area contributed by atoms with Crippen molar-refractivity contribution in [3.8, 4) is 0 Å². The van der Waals surface area contributed by atoms with Crippen LogP contribution in [-0.4, -0.2) is 44.0 Å². The molecule has 0 aliphatic heterocycles. The molecule has 0 unspecified atom stereocenters. The molecule has 1 aromatic heterocycles. The van der Waals surface area contributed by atoms with Crippen LogP contribution in [0.4, 0.5) is 10.2 Å². The second-order valence-electron chi connectivity index (χ2n) is 5.76. The number of pyridine rings is 1. The fraction of sp³-hybridized carbons (Fsp3) is 0.333. The number of anilines is 1. The van der Waals surface area contributed by atoms with E-state index in [1.165, 1.54) is 12.1 Å². The fourth-order valence-electron chi connectivity index (χ4n) is 2.47. The molecule has 0 radical (unpaired) electrons. The van der Waals surface area contributed by atoms with Crippen molar-refractivity contribution in [3.63, 3.8) is 0 Å². The number of aliphatic imine (C=N–C) groups is 1. The Morgan fingerprint density at radius 3 is 2.50 bits per heavy atom. The van der Waals surface area contributed by atoms with Gasteiger partial charge < -0.3 is 15.1 Å². The second-order valence-corrected chi connectivity index (χ2v) is 5.76. The van der Waals surface area contributed by atoms with Gasteiger partial charge in [-0.2, -0.15) is 0 Å². The molecule has 0 fully saturated rings. The molecule has 0 saturated heterocycles. The van der Waals surface area contributed by atoms with E-state index in [-0.39, 0.29) is 5.82 Å². The first-order valence-corrected chi connectivity index (χ1v) is 7.78. The van der Waals surface area contributed by atoms with Gasteiger partial charge in [-0.3, -0.25) is 4.99 Å². The van der Waals surface area contributed by atoms with Gasteiger partial charge in [-0.05, 0) is 23.8 Å². The van der Waals surface area contributed by atoms with Crippen LogP contribution in [0, 0.1) is 5.82 Å². The lowest BCUT2D eigenvalue weighted by atomic mass is 10.2. The Morgan fingerprint density at radius 2 is 1.88 bits per heavy atom. The van der Waals surface area contributed by atoms with Gasteiger partial charge in [0, 0.05) is 53.0 Å². The quantitative estimate of drug-likeness (QED) is 0.676. The molecule has 1 aromatic carbocycles.